The number of guanidine groups is 1. The summed E-state index contributed by atoms with van der Waals surface area (Å²) in [5.41, 5.74) is 21.9. The lowest BCUT2D eigenvalue weighted by molar-refractivity contribution is 0.444. The summed E-state index contributed by atoms with van der Waals surface area (Å²) >= 11 is 0. The fraction of sp³-hybridized carbons (Fsp3) is 0.700. The van der Waals surface area contributed by atoms with Crippen LogP contribution in [0.3, 0.4) is 0 Å². The molecule has 3 unspecified atom stereocenters. The number of aliphatic imine (C=N–C) groups is 2. The molecule has 0 aliphatic carbocycles. The highest BCUT2D eigenvalue weighted by molar-refractivity contribution is 5.79. The van der Waals surface area contributed by atoms with Crippen LogP contribution < -0.4 is 17.2 Å². The maximum atomic E-state index is 6.25. The van der Waals surface area contributed by atoms with Gasteiger partial charge >= 0.3 is 0 Å². The largest absolute Gasteiger partial charge is 0.402 e. The summed E-state index contributed by atoms with van der Waals surface area (Å²) in [4.78, 5) is 8.80. The van der Waals surface area contributed by atoms with Crippen LogP contribution in [0.4, 0.5) is 0 Å². The van der Waals surface area contributed by atoms with Gasteiger partial charge in [-0.25, -0.2) is 0 Å². The summed E-state index contributed by atoms with van der Waals surface area (Å²) < 4.78 is 0. The number of rotatable bonds is 10. The second-order valence-electron chi connectivity index (χ2n) is 7.09. The quantitative estimate of drug-likeness (QED) is 0.414. The van der Waals surface area contributed by atoms with Crippen molar-refractivity contribution < 1.29 is 0 Å². The molecule has 0 aliphatic rings. The van der Waals surface area contributed by atoms with Gasteiger partial charge in [-0.1, -0.05) is 38.8 Å². The molecule has 0 rings (SSSR count). The highest BCUT2D eigenvalue weighted by atomic mass is 15.0. The third-order valence-corrected chi connectivity index (χ3v) is 5.27. The Hall–Kier alpha value is -1.78. The van der Waals surface area contributed by atoms with Crippen LogP contribution >= 0.6 is 0 Å². The Morgan fingerprint density at radius 1 is 1.00 bits per heavy atom. The van der Waals surface area contributed by atoms with Gasteiger partial charge in [-0.3, -0.25) is 9.98 Å². The average Bonchev–Trinajstić information content (AvgIpc) is 2.59. The third kappa shape index (κ3) is 8.23. The molecule has 6 N–H and O–H groups in total. The van der Waals surface area contributed by atoms with E-state index >= 15 is 0 Å². The molecule has 0 saturated heterocycles. The van der Waals surface area contributed by atoms with Crippen LogP contribution in [0.5, 0.6) is 0 Å². The van der Waals surface area contributed by atoms with E-state index in [9.17, 15) is 0 Å². The van der Waals surface area contributed by atoms with Crippen molar-refractivity contribution in [3.8, 4) is 0 Å². The maximum absolute atomic E-state index is 6.25. The maximum Gasteiger partial charge on any atom is 0.185 e. The van der Waals surface area contributed by atoms with Crippen molar-refractivity contribution >= 4 is 12.2 Å². The molecule has 0 amide bonds. The molecule has 5 heteroatoms. The molecule has 144 valence electrons. The second-order valence-corrected chi connectivity index (χ2v) is 7.09. The van der Waals surface area contributed by atoms with Crippen molar-refractivity contribution in [1.29, 1.82) is 0 Å². The van der Waals surface area contributed by atoms with Gasteiger partial charge in [0, 0.05) is 25.0 Å². The lowest BCUT2D eigenvalue weighted by atomic mass is 9.90. The van der Waals surface area contributed by atoms with Crippen molar-refractivity contribution in [2.45, 2.75) is 61.3 Å². The summed E-state index contributed by atoms with van der Waals surface area (Å²) in [6.07, 6.45) is 3.98. The van der Waals surface area contributed by atoms with Crippen LogP contribution in [0.25, 0.3) is 0 Å². The van der Waals surface area contributed by atoms with E-state index in [2.05, 4.69) is 58.5 Å². The number of hydrogen-bond acceptors (Lipinski definition) is 3. The molecule has 0 aromatic carbocycles. The first kappa shape index (κ1) is 23.2. The Morgan fingerprint density at radius 2 is 1.60 bits per heavy atom. The minimum Gasteiger partial charge on any atom is -0.402 e. The van der Waals surface area contributed by atoms with Crippen LogP contribution in [0.2, 0.25) is 0 Å². The zero-order chi connectivity index (χ0) is 19.6. The van der Waals surface area contributed by atoms with Gasteiger partial charge in [0.05, 0.1) is 0 Å². The molecule has 0 aromatic heterocycles. The molecule has 0 aromatic rings. The van der Waals surface area contributed by atoms with Crippen molar-refractivity contribution in [2.24, 2.45) is 44.9 Å². The van der Waals surface area contributed by atoms with E-state index in [0.29, 0.717) is 24.3 Å². The van der Waals surface area contributed by atoms with Crippen LogP contribution in [0, 0.1) is 17.8 Å². The Kier molecular flexibility index (Phi) is 10.9. The Morgan fingerprint density at radius 3 is 2.08 bits per heavy atom. The van der Waals surface area contributed by atoms with E-state index in [-0.39, 0.29) is 5.96 Å². The van der Waals surface area contributed by atoms with E-state index in [4.69, 9.17) is 17.2 Å². The van der Waals surface area contributed by atoms with Crippen LogP contribution in [0.15, 0.2) is 32.4 Å². The molecule has 0 bridgehead atoms. The van der Waals surface area contributed by atoms with Crippen LogP contribution in [0.1, 0.15) is 61.3 Å². The molecular weight excluding hydrogens is 310 g/mol. The Bertz CT molecular complexity index is 524. The zero-order valence-corrected chi connectivity index (χ0v) is 17.3. The van der Waals surface area contributed by atoms with Gasteiger partial charge < -0.3 is 17.2 Å². The molecule has 0 aliphatic heterocycles. The van der Waals surface area contributed by atoms with Gasteiger partial charge in [-0.05, 0) is 56.9 Å². The first-order valence-electron chi connectivity index (χ1n) is 9.33. The molecule has 0 radical (unpaired) electrons. The number of nitrogens with two attached hydrogens (primary N) is 3. The Labute approximate surface area is 154 Å². The minimum absolute atomic E-state index is 0.147. The first-order chi connectivity index (χ1) is 11.6. The topological polar surface area (TPSA) is 103 Å². The SMILES string of the molecule is CC/C(C)=C(\N)C(C)C(C)CN=C/C(C)=C(\C)C(CC)CN=C(N)N. The van der Waals surface area contributed by atoms with E-state index in [1.54, 1.807) is 0 Å². The van der Waals surface area contributed by atoms with Crippen molar-refractivity contribution in [2.75, 3.05) is 13.1 Å². The van der Waals surface area contributed by atoms with Crippen LogP contribution in [-0.2, 0) is 0 Å². The summed E-state index contributed by atoms with van der Waals surface area (Å²) in [5, 5.41) is 0. The zero-order valence-electron chi connectivity index (χ0n) is 17.3. The Balaban J connectivity index is 4.92. The van der Waals surface area contributed by atoms with Gasteiger partial charge in [0.2, 0.25) is 0 Å². The average molecular weight is 350 g/mol. The van der Waals surface area contributed by atoms with E-state index < -0.39 is 0 Å². The highest BCUT2D eigenvalue weighted by Gasteiger charge is 2.15. The molecule has 0 spiro atoms. The molecule has 0 fully saturated rings. The number of allylic oxidation sites excluding steroid dienone is 3. The number of hydrogen-bond donors (Lipinski definition) is 3. The van der Waals surface area contributed by atoms with Crippen molar-refractivity contribution in [3.63, 3.8) is 0 Å². The molecular formula is C20H39N5. The van der Waals surface area contributed by atoms with Gasteiger partial charge in [-0.2, -0.15) is 0 Å². The molecule has 3 atom stereocenters. The van der Waals surface area contributed by atoms with Gasteiger partial charge in [0.1, 0.15) is 0 Å². The summed E-state index contributed by atoms with van der Waals surface area (Å²) in [6.45, 7) is 16.4. The standard InChI is InChI=1S/C20H39N5/c1-8-13(3)19(21)17(7)15(5)11-24-10-14(4)16(6)18(9-2)12-25-20(22)23/h10,15,17-18H,8-9,11-12,21H2,1-7H3,(H4,22,23,25)/b16-14+,19-13-,24-10?. The highest BCUT2D eigenvalue weighted by Crippen LogP contribution is 2.21. The molecule has 0 heterocycles. The fourth-order valence-corrected chi connectivity index (χ4v) is 2.62. The van der Waals surface area contributed by atoms with Crippen LogP contribution in [-0.4, -0.2) is 25.3 Å². The molecule has 25 heavy (non-hydrogen) atoms. The lowest BCUT2D eigenvalue weighted by Gasteiger charge is -2.21. The monoisotopic (exact) mass is 349 g/mol. The fourth-order valence-electron chi connectivity index (χ4n) is 2.62. The van der Waals surface area contributed by atoms with E-state index in [0.717, 1.165) is 25.1 Å². The normalized spacial score (nSPS) is 17.6. The molecule has 0 saturated carbocycles. The van der Waals surface area contributed by atoms with E-state index in [1.165, 1.54) is 16.7 Å². The predicted molar refractivity (Wildman–Crippen MR) is 112 cm³/mol. The third-order valence-electron chi connectivity index (χ3n) is 5.27. The second kappa shape index (κ2) is 11.7. The predicted octanol–water partition coefficient (Wildman–Crippen LogP) is 3.61. The molecule has 5 nitrogen and oxygen atoms in total. The first-order valence-corrected chi connectivity index (χ1v) is 9.33. The van der Waals surface area contributed by atoms with Crippen molar-refractivity contribution in [3.05, 3.63) is 22.4 Å². The van der Waals surface area contributed by atoms with Gasteiger partial charge in [0.15, 0.2) is 5.96 Å². The lowest BCUT2D eigenvalue weighted by Crippen LogP contribution is -2.24. The van der Waals surface area contributed by atoms with Gasteiger partial charge in [-0.15, -0.1) is 0 Å². The summed E-state index contributed by atoms with van der Waals surface area (Å²) in [6, 6.07) is 0. The van der Waals surface area contributed by atoms with E-state index in [1.807, 2.05) is 6.21 Å². The minimum atomic E-state index is 0.147. The smallest absolute Gasteiger partial charge is 0.185 e. The summed E-state index contributed by atoms with van der Waals surface area (Å²) in [7, 11) is 0. The summed E-state index contributed by atoms with van der Waals surface area (Å²) in [5.74, 6) is 1.24. The van der Waals surface area contributed by atoms with Gasteiger partial charge in [0.25, 0.3) is 0 Å². The van der Waals surface area contributed by atoms with Crippen molar-refractivity contribution in [1.82, 2.24) is 0 Å². The number of nitrogens with zero attached hydrogens (tertiary/aromatic N) is 2.